The van der Waals surface area contributed by atoms with Gasteiger partial charge >= 0.3 is 5.97 Å². The SMILES string of the molecule is COC(=O)C(C)(C)C1CN(Cc2ccccc2)CC(C)C1(F)F. The van der Waals surface area contributed by atoms with E-state index in [4.69, 9.17) is 4.74 Å². The summed E-state index contributed by atoms with van der Waals surface area (Å²) in [6.07, 6.45) is 0. The van der Waals surface area contributed by atoms with E-state index < -0.39 is 29.1 Å². The minimum absolute atomic E-state index is 0.175. The summed E-state index contributed by atoms with van der Waals surface area (Å²) in [5.74, 6) is -5.37. The highest BCUT2D eigenvalue weighted by molar-refractivity contribution is 5.76. The van der Waals surface area contributed by atoms with E-state index in [0.29, 0.717) is 13.1 Å². The van der Waals surface area contributed by atoms with Crippen LogP contribution in [-0.2, 0) is 16.1 Å². The van der Waals surface area contributed by atoms with Crippen LogP contribution in [0.25, 0.3) is 0 Å². The summed E-state index contributed by atoms with van der Waals surface area (Å²) in [5, 5.41) is 0. The number of esters is 1. The van der Waals surface area contributed by atoms with Crippen LogP contribution in [0.3, 0.4) is 0 Å². The molecule has 3 nitrogen and oxygen atoms in total. The molecule has 2 atom stereocenters. The lowest BCUT2D eigenvalue weighted by molar-refractivity contribution is -0.195. The van der Waals surface area contributed by atoms with Crippen molar-refractivity contribution in [1.29, 1.82) is 0 Å². The fourth-order valence-electron chi connectivity index (χ4n) is 3.39. The average Bonchev–Trinajstić information content (AvgIpc) is 2.50. The number of alkyl halides is 2. The zero-order valence-corrected chi connectivity index (χ0v) is 14.2. The number of hydrogen-bond donors (Lipinski definition) is 0. The topological polar surface area (TPSA) is 29.5 Å². The van der Waals surface area contributed by atoms with Crippen molar-refractivity contribution in [2.45, 2.75) is 33.2 Å². The van der Waals surface area contributed by atoms with Gasteiger partial charge in [0, 0.05) is 25.6 Å². The second kappa shape index (κ2) is 6.56. The zero-order valence-electron chi connectivity index (χ0n) is 14.2. The smallest absolute Gasteiger partial charge is 0.311 e. The van der Waals surface area contributed by atoms with Gasteiger partial charge in [-0.05, 0) is 19.4 Å². The highest BCUT2D eigenvalue weighted by Crippen LogP contribution is 2.47. The van der Waals surface area contributed by atoms with Crippen LogP contribution in [-0.4, -0.2) is 37.0 Å². The quantitative estimate of drug-likeness (QED) is 0.792. The Hall–Kier alpha value is -1.49. The van der Waals surface area contributed by atoms with Crippen molar-refractivity contribution >= 4 is 5.97 Å². The average molecular weight is 325 g/mol. The Morgan fingerprint density at radius 1 is 1.30 bits per heavy atom. The first-order chi connectivity index (χ1) is 10.7. The first-order valence-corrected chi connectivity index (χ1v) is 7.92. The first kappa shape index (κ1) is 17.9. The van der Waals surface area contributed by atoms with Crippen LogP contribution in [0, 0.1) is 17.3 Å². The van der Waals surface area contributed by atoms with Crippen LogP contribution in [0.4, 0.5) is 8.78 Å². The Kier molecular flexibility index (Phi) is 5.09. The summed E-state index contributed by atoms with van der Waals surface area (Å²) in [5.41, 5.74) is -0.151. The van der Waals surface area contributed by atoms with Crippen molar-refractivity contribution in [3.8, 4) is 0 Å². The van der Waals surface area contributed by atoms with Crippen molar-refractivity contribution in [2.75, 3.05) is 20.2 Å². The molecule has 2 rings (SSSR count). The molecular weight excluding hydrogens is 300 g/mol. The van der Waals surface area contributed by atoms with Crippen LogP contribution in [0.15, 0.2) is 30.3 Å². The first-order valence-electron chi connectivity index (χ1n) is 7.92. The lowest BCUT2D eigenvalue weighted by Crippen LogP contribution is -2.58. The molecule has 0 amide bonds. The Morgan fingerprint density at radius 3 is 2.48 bits per heavy atom. The van der Waals surface area contributed by atoms with E-state index in [1.54, 1.807) is 20.8 Å². The van der Waals surface area contributed by atoms with Gasteiger partial charge in [-0.25, -0.2) is 8.78 Å². The van der Waals surface area contributed by atoms with Crippen molar-refractivity contribution in [2.24, 2.45) is 17.3 Å². The predicted molar refractivity (Wildman–Crippen MR) is 85.1 cm³/mol. The Balaban J connectivity index is 2.23. The van der Waals surface area contributed by atoms with Crippen LogP contribution in [0.2, 0.25) is 0 Å². The maximum Gasteiger partial charge on any atom is 0.311 e. The molecule has 2 unspecified atom stereocenters. The van der Waals surface area contributed by atoms with Gasteiger partial charge in [0.15, 0.2) is 0 Å². The number of carbonyl (C=O) groups excluding carboxylic acids is 1. The molecule has 1 aromatic carbocycles. The van der Waals surface area contributed by atoms with E-state index in [9.17, 15) is 13.6 Å². The van der Waals surface area contributed by atoms with E-state index in [1.807, 2.05) is 35.2 Å². The Labute approximate surface area is 136 Å². The maximum absolute atomic E-state index is 14.7. The highest BCUT2D eigenvalue weighted by Gasteiger charge is 2.57. The summed E-state index contributed by atoms with van der Waals surface area (Å²) >= 11 is 0. The number of benzene rings is 1. The second-order valence-electron chi connectivity index (χ2n) is 7.02. The summed E-state index contributed by atoms with van der Waals surface area (Å²) < 4.78 is 34.2. The molecule has 0 aromatic heterocycles. The summed E-state index contributed by atoms with van der Waals surface area (Å²) in [6, 6.07) is 9.77. The number of halogens is 2. The molecule has 1 saturated heterocycles. The van der Waals surface area contributed by atoms with Gasteiger partial charge in [-0.15, -0.1) is 0 Å². The van der Waals surface area contributed by atoms with Gasteiger partial charge in [0.2, 0.25) is 0 Å². The molecule has 1 aliphatic rings. The highest BCUT2D eigenvalue weighted by atomic mass is 19.3. The molecule has 0 spiro atoms. The molecule has 1 fully saturated rings. The number of methoxy groups -OCH3 is 1. The van der Waals surface area contributed by atoms with E-state index in [-0.39, 0.29) is 6.54 Å². The number of piperidine rings is 1. The van der Waals surface area contributed by atoms with E-state index in [2.05, 4.69) is 0 Å². The lowest BCUT2D eigenvalue weighted by Gasteiger charge is -2.47. The van der Waals surface area contributed by atoms with Gasteiger partial charge in [0.1, 0.15) is 0 Å². The summed E-state index contributed by atoms with van der Waals surface area (Å²) in [7, 11) is 1.25. The molecule has 0 saturated carbocycles. The number of likely N-dealkylation sites (tertiary alicyclic amines) is 1. The van der Waals surface area contributed by atoms with Crippen molar-refractivity contribution in [3.63, 3.8) is 0 Å². The Bertz CT molecular complexity index is 545. The van der Waals surface area contributed by atoms with E-state index >= 15 is 0 Å². The third kappa shape index (κ3) is 3.55. The van der Waals surface area contributed by atoms with Crippen LogP contribution >= 0.6 is 0 Å². The minimum Gasteiger partial charge on any atom is -0.469 e. The van der Waals surface area contributed by atoms with Gasteiger partial charge in [-0.1, -0.05) is 37.3 Å². The fourth-order valence-corrected chi connectivity index (χ4v) is 3.39. The van der Waals surface area contributed by atoms with Crippen LogP contribution < -0.4 is 0 Å². The molecule has 128 valence electrons. The third-order valence-corrected chi connectivity index (χ3v) is 4.93. The normalized spacial score (nSPS) is 25.1. The molecule has 1 aromatic rings. The van der Waals surface area contributed by atoms with Crippen LogP contribution in [0.1, 0.15) is 26.3 Å². The van der Waals surface area contributed by atoms with Crippen LogP contribution in [0.5, 0.6) is 0 Å². The molecule has 1 aliphatic heterocycles. The van der Waals surface area contributed by atoms with Gasteiger partial charge in [-0.3, -0.25) is 9.69 Å². The fraction of sp³-hybridized carbons (Fsp3) is 0.611. The van der Waals surface area contributed by atoms with Gasteiger partial charge in [0.05, 0.1) is 18.4 Å². The molecule has 5 heteroatoms. The number of nitrogens with zero attached hydrogens (tertiary/aromatic N) is 1. The molecular formula is C18H25F2NO2. The lowest BCUT2D eigenvalue weighted by atomic mass is 9.69. The van der Waals surface area contributed by atoms with Crippen molar-refractivity contribution in [3.05, 3.63) is 35.9 Å². The predicted octanol–water partition coefficient (Wildman–Crippen LogP) is 3.59. The summed E-state index contributed by atoms with van der Waals surface area (Å²) in [4.78, 5) is 14.0. The minimum atomic E-state index is -2.90. The third-order valence-electron chi connectivity index (χ3n) is 4.93. The van der Waals surface area contributed by atoms with E-state index in [1.165, 1.54) is 7.11 Å². The molecule has 0 N–H and O–H groups in total. The summed E-state index contributed by atoms with van der Waals surface area (Å²) in [6.45, 7) is 5.75. The zero-order chi connectivity index (χ0) is 17.3. The molecule has 0 radical (unpaired) electrons. The van der Waals surface area contributed by atoms with E-state index in [0.717, 1.165) is 5.56 Å². The molecule has 23 heavy (non-hydrogen) atoms. The van der Waals surface area contributed by atoms with Gasteiger partial charge < -0.3 is 4.74 Å². The number of ether oxygens (including phenoxy) is 1. The number of rotatable bonds is 4. The van der Waals surface area contributed by atoms with Gasteiger partial charge in [0.25, 0.3) is 5.92 Å². The Morgan fingerprint density at radius 2 is 1.91 bits per heavy atom. The molecule has 0 bridgehead atoms. The molecule has 0 aliphatic carbocycles. The standard InChI is InChI=1S/C18H25F2NO2/c1-13-10-21(11-14-8-6-5-7-9-14)12-15(18(13,19)20)17(2,3)16(22)23-4/h5-9,13,15H,10-12H2,1-4H3. The second-order valence-corrected chi connectivity index (χ2v) is 7.02. The number of carbonyl (C=O) groups is 1. The largest absolute Gasteiger partial charge is 0.469 e. The maximum atomic E-state index is 14.7. The van der Waals surface area contributed by atoms with Gasteiger partial charge in [-0.2, -0.15) is 0 Å². The van der Waals surface area contributed by atoms with Crippen molar-refractivity contribution < 1.29 is 18.3 Å². The van der Waals surface area contributed by atoms with Crippen molar-refractivity contribution in [1.82, 2.24) is 4.90 Å². The monoisotopic (exact) mass is 325 g/mol. The number of hydrogen-bond acceptors (Lipinski definition) is 3. The molecule has 1 heterocycles.